The fraction of sp³-hybridized carbons (Fsp3) is 0.333. The van der Waals surface area contributed by atoms with E-state index in [4.69, 9.17) is 0 Å². The number of carbonyl (C=O) groups excluding carboxylic acids is 2. The Balaban J connectivity index is 1.35. The summed E-state index contributed by atoms with van der Waals surface area (Å²) in [7, 11) is 0. The van der Waals surface area contributed by atoms with Crippen LogP contribution in [0.5, 0.6) is 0 Å². The molecule has 0 atom stereocenters. The largest absolute Gasteiger partial charge is 0.352 e. The zero-order chi connectivity index (χ0) is 18.2. The van der Waals surface area contributed by atoms with Crippen molar-refractivity contribution >= 4 is 29.3 Å². The minimum absolute atomic E-state index is 0.0810. The Bertz CT molecular complexity index is 731. The molecule has 3 rings (SSSR count). The van der Waals surface area contributed by atoms with Gasteiger partial charge in [0.1, 0.15) is 0 Å². The Kier molecular flexibility index (Phi) is 6.72. The van der Waals surface area contributed by atoms with Crippen LogP contribution in [-0.2, 0) is 16.1 Å². The van der Waals surface area contributed by atoms with E-state index >= 15 is 0 Å². The van der Waals surface area contributed by atoms with E-state index in [9.17, 15) is 9.59 Å². The summed E-state index contributed by atoms with van der Waals surface area (Å²) < 4.78 is 0. The number of thioether (sulfide) groups is 1. The highest BCUT2D eigenvalue weighted by atomic mass is 32.2. The zero-order valence-corrected chi connectivity index (χ0v) is 15.6. The van der Waals surface area contributed by atoms with Crippen molar-refractivity contribution in [3.63, 3.8) is 0 Å². The maximum Gasteiger partial charge on any atom is 0.227 e. The molecule has 1 heterocycles. The van der Waals surface area contributed by atoms with Crippen LogP contribution in [-0.4, -0.2) is 24.1 Å². The average molecular weight is 369 g/mol. The molecular weight excluding hydrogens is 344 g/mol. The lowest BCUT2D eigenvalue weighted by atomic mass is 10.2. The van der Waals surface area contributed by atoms with Gasteiger partial charge in [-0.05, 0) is 48.4 Å². The molecule has 2 aromatic rings. The highest BCUT2D eigenvalue weighted by Crippen LogP contribution is 2.21. The van der Waals surface area contributed by atoms with Crippen LogP contribution in [0.2, 0.25) is 0 Å². The normalized spacial score (nSPS) is 13.8. The van der Waals surface area contributed by atoms with Crippen LogP contribution in [0.4, 0.5) is 5.69 Å². The topological polar surface area (TPSA) is 49.4 Å². The minimum atomic E-state index is 0.0810. The maximum absolute atomic E-state index is 12.0. The van der Waals surface area contributed by atoms with Crippen LogP contribution >= 0.6 is 11.8 Å². The summed E-state index contributed by atoms with van der Waals surface area (Å²) in [4.78, 5) is 26.8. The molecule has 2 aromatic carbocycles. The van der Waals surface area contributed by atoms with Crippen molar-refractivity contribution in [2.45, 2.75) is 37.1 Å². The predicted octanol–water partition coefficient (Wildman–Crippen LogP) is 4.00. The van der Waals surface area contributed by atoms with Gasteiger partial charge >= 0.3 is 0 Å². The number of benzene rings is 2. The van der Waals surface area contributed by atoms with Crippen molar-refractivity contribution in [3.8, 4) is 0 Å². The maximum atomic E-state index is 12.0. The third kappa shape index (κ3) is 5.36. The zero-order valence-electron chi connectivity index (χ0n) is 14.8. The van der Waals surface area contributed by atoms with Gasteiger partial charge in [0.15, 0.2) is 0 Å². The van der Waals surface area contributed by atoms with Gasteiger partial charge in [-0.25, -0.2) is 0 Å². The molecular formula is C21H24N2O2S. The lowest BCUT2D eigenvalue weighted by Gasteiger charge is -2.16. The van der Waals surface area contributed by atoms with Crippen molar-refractivity contribution in [1.82, 2.24) is 5.32 Å². The molecule has 2 amide bonds. The van der Waals surface area contributed by atoms with Crippen LogP contribution in [0.3, 0.4) is 0 Å². The molecule has 0 radical (unpaired) electrons. The van der Waals surface area contributed by atoms with Gasteiger partial charge in [-0.1, -0.05) is 30.3 Å². The first-order valence-corrected chi connectivity index (χ1v) is 10.0. The molecule has 0 saturated carbocycles. The molecule has 1 aliphatic rings. The van der Waals surface area contributed by atoms with Gasteiger partial charge < -0.3 is 10.2 Å². The van der Waals surface area contributed by atoms with E-state index in [1.54, 1.807) is 11.8 Å². The van der Waals surface area contributed by atoms with E-state index in [1.165, 1.54) is 4.90 Å². The van der Waals surface area contributed by atoms with Crippen LogP contribution in [0.1, 0.15) is 31.2 Å². The van der Waals surface area contributed by atoms with E-state index in [-0.39, 0.29) is 11.8 Å². The Morgan fingerprint density at radius 3 is 2.54 bits per heavy atom. The Morgan fingerprint density at radius 1 is 1.08 bits per heavy atom. The summed E-state index contributed by atoms with van der Waals surface area (Å²) in [6.07, 6.45) is 2.97. The Morgan fingerprint density at radius 2 is 1.85 bits per heavy atom. The first kappa shape index (κ1) is 18.5. The SMILES string of the molecule is O=C(CCCSc1ccccc1)NCc1ccc(N2CCCC2=O)cc1. The summed E-state index contributed by atoms with van der Waals surface area (Å²) in [5.74, 6) is 1.22. The molecule has 1 saturated heterocycles. The summed E-state index contributed by atoms with van der Waals surface area (Å²) in [6.45, 7) is 1.33. The fourth-order valence-electron chi connectivity index (χ4n) is 2.94. The van der Waals surface area contributed by atoms with Gasteiger partial charge in [-0.15, -0.1) is 11.8 Å². The highest BCUT2D eigenvalue weighted by Gasteiger charge is 2.21. The van der Waals surface area contributed by atoms with Crippen LogP contribution in [0.25, 0.3) is 0 Å². The number of nitrogens with zero attached hydrogens (tertiary/aromatic N) is 1. The first-order valence-electron chi connectivity index (χ1n) is 9.06. The molecule has 26 heavy (non-hydrogen) atoms. The molecule has 0 aromatic heterocycles. The summed E-state index contributed by atoms with van der Waals surface area (Å²) in [5, 5.41) is 2.97. The van der Waals surface area contributed by atoms with Crippen molar-refractivity contribution in [1.29, 1.82) is 0 Å². The number of anilines is 1. The monoisotopic (exact) mass is 368 g/mol. The lowest BCUT2D eigenvalue weighted by Crippen LogP contribution is -2.24. The number of hydrogen-bond acceptors (Lipinski definition) is 3. The lowest BCUT2D eigenvalue weighted by molar-refractivity contribution is -0.121. The molecule has 0 aliphatic carbocycles. The molecule has 0 bridgehead atoms. The standard InChI is InChI=1S/C21H24N2O2S/c24-20(8-5-15-26-19-6-2-1-3-7-19)22-16-17-10-12-18(13-11-17)23-14-4-9-21(23)25/h1-3,6-7,10-13H,4-5,8-9,14-16H2,(H,22,24). The smallest absolute Gasteiger partial charge is 0.227 e. The number of rotatable bonds is 8. The van der Waals surface area contributed by atoms with Crippen molar-refractivity contribution in [3.05, 3.63) is 60.2 Å². The van der Waals surface area contributed by atoms with Crippen molar-refractivity contribution < 1.29 is 9.59 Å². The van der Waals surface area contributed by atoms with E-state index in [0.29, 0.717) is 19.4 Å². The van der Waals surface area contributed by atoms with Gasteiger partial charge in [0.05, 0.1) is 0 Å². The molecule has 0 unspecified atom stereocenters. The van der Waals surface area contributed by atoms with E-state index < -0.39 is 0 Å². The quantitative estimate of drug-likeness (QED) is 0.566. The van der Waals surface area contributed by atoms with E-state index in [1.807, 2.05) is 47.4 Å². The molecule has 4 nitrogen and oxygen atoms in total. The average Bonchev–Trinajstić information content (AvgIpc) is 3.11. The second kappa shape index (κ2) is 9.43. The van der Waals surface area contributed by atoms with Gasteiger partial charge in [-0.3, -0.25) is 9.59 Å². The van der Waals surface area contributed by atoms with E-state index in [2.05, 4.69) is 17.4 Å². The second-order valence-corrected chi connectivity index (χ2v) is 7.53. The van der Waals surface area contributed by atoms with Gasteiger partial charge in [0.2, 0.25) is 11.8 Å². The molecule has 5 heteroatoms. The van der Waals surface area contributed by atoms with Gasteiger partial charge in [0, 0.05) is 36.5 Å². The number of amides is 2. The third-order valence-electron chi connectivity index (χ3n) is 4.37. The Labute approximate surface area is 159 Å². The van der Waals surface area contributed by atoms with Gasteiger partial charge in [-0.2, -0.15) is 0 Å². The molecule has 1 aliphatic heterocycles. The van der Waals surface area contributed by atoms with Crippen LogP contribution in [0, 0.1) is 0 Å². The molecule has 0 spiro atoms. The molecule has 1 N–H and O–H groups in total. The van der Waals surface area contributed by atoms with Crippen LogP contribution < -0.4 is 10.2 Å². The first-order chi connectivity index (χ1) is 12.7. The summed E-state index contributed by atoms with van der Waals surface area (Å²) >= 11 is 1.78. The fourth-order valence-corrected chi connectivity index (χ4v) is 3.82. The minimum Gasteiger partial charge on any atom is -0.352 e. The molecule has 1 fully saturated rings. The third-order valence-corrected chi connectivity index (χ3v) is 5.47. The molecule has 136 valence electrons. The number of carbonyl (C=O) groups is 2. The number of hydrogen-bond donors (Lipinski definition) is 1. The second-order valence-electron chi connectivity index (χ2n) is 6.36. The van der Waals surface area contributed by atoms with E-state index in [0.717, 1.165) is 36.4 Å². The summed E-state index contributed by atoms with van der Waals surface area (Å²) in [6, 6.07) is 18.1. The van der Waals surface area contributed by atoms with Crippen molar-refractivity contribution in [2.75, 3.05) is 17.2 Å². The van der Waals surface area contributed by atoms with Crippen molar-refractivity contribution in [2.24, 2.45) is 0 Å². The van der Waals surface area contributed by atoms with Crippen LogP contribution in [0.15, 0.2) is 59.5 Å². The van der Waals surface area contributed by atoms with Gasteiger partial charge in [0.25, 0.3) is 0 Å². The Hall–Kier alpha value is -2.27. The number of nitrogens with one attached hydrogen (secondary N) is 1. The highest BCUT2D eigenvalue weighted by molar-refractivity contribution is 7.99. The predicted molar refractivity (Wildman–Crippen MR) is 106 cm³/mol. The summed E-state index contributed by atoms with van der Waals surface area (Å²) in [5.41, 5.74) is 1.99.